The predicted molar refractivity (Wildman–Crippen MR) is 220 cm³/mol. The zero-order chi connectivity index (χ0) is 38.8. The number of rotatable bonds is 19. The van der Waals surface area contributed by atoms with Gasteiger partial charge < -0.3 is 29.3 Å². The van der Waals surface area contributed by atoms with Crippen molar-refractivity contribution < 1.29 is 29.3 Å². The summed E-state index contributed by atoms with van der Waals surface area (Å²) < 4.78 is 20.8. The highest BCUT2D eigenvalue weighted by molar-refractivity contribution is 8.00. The number of aromatic nitrogens is 2. The van der Waals surface area contributed by atoms with E-state index < -0.39 is 11.4 Å². The van der Waals surface area contributed by atoms with Crippen LogP contribution in [0.2, 0.25) is 0 Å². The van der Waals surface area contributed by atoms with Crippen LogP contribution in [0.3, 0.4) is 0 Å². The van der Waals surface area contributed by atoms with Gasteiger partial charge in [0, 0.05) is 49.2 Å². The molecule has 2 aromatic heterocycles. The van der Waals surface area contributed by atoms with Crippen molar-refractivity contribution in [3.63, 3.8) is 0 Å². The normalized spacial score (nSPS) is 25.0. The van der Waals surface area contributed by atoms with Gasteiger partial charge in [-0.15, -0.1) is 6.58 Å². The minimum Gasteiger partial charge on any atom is -0.487 e. The second kappa shape index (κ2) is 19.0. The number of benzene rings is 1. The Labute approximate surface area is 331 Å². The Hall–Kier alpha value is -3.70. The molecule has 2 N–H and O–H groups in total. The minimum atomic E-state index is -1.01. The molecule has 1 aliphatic heterocycles. The lowest BCUT2D eigenvalue weighted by Gasteiger charge is -2.58. The summed E-state index contributed by atoms with van der Waals surface area (Å²) in [4.78, 5) is 15.1. The highest BCUT2D eigenvalue weighted by atomic mass is 32.2. The van der Waals surface area contributed by atoms with E-state index in [1.165, 1.54) is 5.56 Å². The maximum absolute atomic E-state index is 9.91. The Kier molecular flexibility index (Phi) is 14.1. The number of allylic oxidation sites excluding steroid dienone is 1. The van der Waals surface area contributed by atoms with Crippen LogP contribution < -0.4 is 9.47 Å². The summed E-state index contributed by atoms with van der Waals surface area (Å²) in [5, 5.41) is 24.6. The number of pyridine rings is 2. The van der Waals surface area contributed by atoms with Crippen LogP contribution in [-0.4, -0.2) is 68.1 Å². The summed E-state index contributed by atoms with van der Waals surface area (Å²) in [6, 6.07) is 16.3. The largest absolute Gasteiger partial charge is 0.487 e. The number of aliphatic hydroxyl groups is 2. The molecule has 296 valence electrons. The fourth-order valence-electron chi connectivity index (χ4n) is 8.46. The Morgan fingerprint density at radius 1 is 1.04 bits per heavy atom. The lowest BCUT2D eigenvalue weighted by Crippen LogP contribution is -2.64. The summed E-state index contributed by atoms with van der Waals surface area (Å²) >= 11 is 1.87. The quantitative estimate of drug-likeness (QED) is 0.0702. The first-order valence-electron chi connectivity index (χ1n) is 20.0. The zero-order valence-corrected chi connectivity index (χ0v) is 33.8. The lowest BCUT2D eigenvalue weighted by atomic mass is 9.56. The molecule has 1 aromatic carbocycles. The van der Waals surface area contributed by atoms with E-state index in [0.717, 1.165) is 90.4 Å². The standard InChI is InChI=1S/C45H59N3O6S/c1-6-25-52-45-41(55-26-20-32-18-21-46-22-19-32)29-39(48-54-44(3,4)5)37-27-33(13-7-9-23-49)36(15-8-10-24-50)42(43(37)45)38-28-35(16-17-40(38)53-45)51-30-34-14-11-12-31(2)47-34/h6,11-12,14,16-19,21-22,27-28,33,36,41-43,49-50H,1,7-10,13,15,20,23-26,29-30H2,2-5H3. The smallest absolute Gasteiger partial charge is 0.230 e. The number of thioether (sulfide) groups is 1. The summed E-state index contributed by atoms with van der Waals surface area (Å²) in [7, 11) is 0. The average molecular weight is 770 g/mol. The molecule has 1 fully saturated rings. The van der Waals surface area contributed by atoms with Gasteiger partial charge in [-0.2, -0.15) is 11.8 Å². The van der Waals surface area contributed by atoms with Crippen LogP contribution in [0.5, 0.6) is 11.5 Å². The highest BCUT2D eigenvalue weighted by Crippen LogP contribution is 2.62. The van der Waals surface area contributed by atoms with Crippen LogP contribution in [0.15, 0.2) is 90.4 Å². The van der Waals surface area contributed by atoms with Crippen molar-refractivity contribution in [3.8, 4) is 11.5 Å². The third-order valence-electron chi connectivity index (χ3n) is 10.8. The van der Waals surface area contributed by atoms with E-state index in [4.69, 9.17) is 24.2 Å². The van der Waals surface area contributed by atoms with Crippen molar-refractivity contribution in [1.29, 1.82) is 0 Å². The molecule has 1 saturated carbocycles. The van der Waals surface area contributed by atoms with Crippen LogP contribution in [0, 0.1) is 24.7 Å². The van der Waals surface area contributed by atoms with E-state index in [1.807, 2.05) is 82.2 Å². The van der Waals surface area contributed by atoms with Gasteiger partial charge in [-0.25, -0.2) is 0 Å². The molecular formula is C45H59N3O6S. The van der Waals surface area contributed by atoms with Crippen molar-refractivity contribution in [2.45, 2.75) is 108 Å². The van der Waals surface area contributed by atoms with Crippen molar-refractivity contribution in [3.05, 3.63) is 108 Å². The van der Waals surface area contributed by atoms with E-state index in [-0.39, 0.29) is 42.1 Å². The fraction of sp³-hybridized carbons (Fsp3) is 0.533. The van der Waals surface area contributed by atoms with Crippen molar-refractivity contribution in [2.75, 3.05) is 25.6 Å². The fourth-order valence-corrected chi connectivity index (χ4v) is 9.87. The number of hydrogen-bond acceptors (Lipinski definition) is 10. The Bertz CT molecular complexity index is 1780. The van der Waals surface area contributed by atoms with E-state index in [2.05, 4.69) is 46.9 Å². The molecule has 3 aliphatic rings. The number of hydrogen-bond donors (Lipinski definition) is 2. The second-order valence-corrected chi connectivity index (χ2v) is 17.3. The molecule has 3 aromatic rings. The highest BCUT2D eigenvalue weighted by Gasteiger charge is 2.64. The van der Waals surface area contributed by atoms with Crippen LogP contribution >= 0.6 is 11.8 Å². The zero-order valence-electron chi connectivity index (χ0n) is 33.0. The summed E-state index contributed by atoms with van der Waals surface area (Å²) in [6.07, 6.45) is 14.6. The van der Waals surface area contributed by atoms with Gasteiger partial charge in [0.2, 0.25) is 5.79 Å². The number of aryl methyl sites for hydroxylation is 2. The number of ether oxygens (including phenoxy) is 3. The maximum Gasteiger partial charge on any atom is 0.230 e. The van der Waals surface area contributed by atoms with Gasteiger partial charge in [0.15, 0.2) is 0 Å². The van der Waals surface area contributed by atoms with Gasteiger partial charge >= 0.3 is 0 Å². The van der Waals surface area contributed by atoms with E-state index >= 15 is 0 Å². The van der Waals surface area contributed by atoms with Crippen LogP contribution in [0.25, 0.3) is 0 Å². The molecular weight excluding hydrogens is 711 g/mol. The molecule has 55 heavy (non-hydrogen) atoms. The molecule has 0 bridgehead atoms. The van der Waals surface area contributed by atoms with Gasteiger partial charge in [-0.1, -0.05) is 36.2 Å². The maximum atomic E-state index is 9.91. The number of nitrogens with zero attached hydrogens (tertiary/aromatic N) is 3. The van der Waals surface area contributed by atoms with Crippen molar-refractivity contribution in [1.82, 2.24) is 9.97 Å². The topological polar surface area (TPSA) is 116 Å². The number of unbranched alkanes of at least 4 members (excludes halogenated alkanes) is 2. The third kappa shape index (κ3) is 10.0. The second-order valence-electron chi connectivity index (χ2n) is 16.0. The Balaban J connectivity index is 1.49. The van der Waals surface area contributed by atoms with Crippen LogP contribution in [-0.2, 0) is 22.6 Å². The monoisotopic (exact) mass is 769 g/mol. The molecule has 3 heterocycles. The van der Waals surface area contributed by atoms with Gasteiger partial charge in [-0.3, -0.25) is 9.97 Å². The number of aliphatic hydroxyl groups excluding tert-OH is 2. The van der Waals surface area contributed by atoms with Crippen LogP contribution in [0.1, 0.15) is 94.1 Å². The number of oxime groups is 1. The van der Waals surface area contributed by atoms with E-state index in [1.54, 1.807) is 0 Å². The minimum absolute atomic E-state index is 0.00420. The molecule has 10 heteroatoms. The van der Waals surface area contributed by atoms with Gasteiger partial charge in [-0.05, 0) is 131 Å². The van der Waals surface area contributed by atoms with Gasteiger partial charge in [0.05, 0.1) is 29.2 Å². The summed E-state index contributed by atoms with van der Waals surface area (Å²) in [5.74, 6) is 1.63. The summed E-state index contributed by atoms with van der Waals surface area (Å²) in [6.45, 7) is 13.1. The first-order chi connectivity index (χ1) is 26.7. The molecule has 6 unspecified atom stereocenters. The van der Waals surface area contributed by atoms with E-state index in [0.29, 0.717) is 19.6 Å². The first kappa shape index (κ1) is 40.9. The molecule has 2 aliphatic carbocycles. The molecule has 0 spiro atoms. The van der Waals surface area contributed by atoms with Crippen molar-refractivity contribution in [2.24, 2.45) is 22.9 Å². The molecule has 0 saturated heterocycles. The molecule has 9 nitrogen and oxygen atoms in total. The molecule has 0 radical (unpaired) electrons. The number of fused-ring (bicyclic) bond motifs is 2. The Morgan fingerprint density at radius 3 is 2.55 bits per heavy atom. The SMILES string of the molecule is C=CCOC12Oc3ccc(OCc4cccc(C)n4)cc3C3C(CCCCO)C(CCCCO)C=C(C(=NOC(C)(C)C)CC1SCCc1ccncc1)C32. The van der Waals surface area contributed by atoms with Crippen molar-refractivity contribution >= 4 is 17.5 Å². The first-order valence-corrected chi connectivity index (χ1v) is 21.0. The molecule has 0 amide bonds. The van der Waals surface area contributed by atoms with Crippen LogP contribution in [0.4, 0.5) is 0 Å². The average Bonchev–Trinajstić information content (AvgIpc) is 3.17. The predicted octanol–water partition coefficient (Wildman–Crippen LogP) is 8.77. The summed E-state index contributed by atoms with van der Waals surface area (Å²) in [5.41, 5.74) is 5.75. The third-order valence-corrected chi connectivity index (χ3v) is 12.2. The van der Waals surface area contributed by atoms with Gasteiger partial charge in [0.25, 0.3) is 0 Å². The Morgan fingerprint density at radius 2 is 1.82 bits per heavy atom. The van der Waals surface area contributed by atoms with E-state index in [9.17, 15) is 10.2 Å². The molecule has 6 atom stereocenters. The lowest BCUT2D eigenvalue weighted by molar-refractivity contribution is -0.223. The molecule has 6 rings (SSSR count). The van der Waals surface area contributed by atoms with Gasteiger partial charge in [0.1, 0.15) is 23.7 Å².